The van der Waals surface area contributed by atoms with Crippen LogP contribution in [-0.4, -0.2) is 0 Å². The van der Waals surface area contributed by atoms with Gasteiger partial charge in [-0.05, 0) is 95.3 Å². The van der Waals surface area contributed by atoms with Gasteiger partial charge in [0.2, 0.25) is 0 Å². The van der Waals surface area contributed by atoms with Crippen LogP contribution < -0.4 is 0 Å². The molecular formula is C51H52. The molecule has 0 spiro atoms. The van der Waals surface area contributed by atoms with E-state index < -0.39 is 0 Å². The van der Waals surface area contributed by atoms with Gasteiger partial charge < -0.3 is 0 Å². The summed E-state index contributed by atoms with van der Waals surface area (Å²) in [6.45, 7) is 18.0. The lowest BCUT2D eigenvalue weighted by atomic mass is 9.67. The summed E-state index contributed by atoms with van der Waals surface area (Å²) in [5.41, 5.74) is 16.5. The molecule has 0 amide bonds. The van der Waals surface area contributed by atoms with Crippen LogP contribution in [0.2, 0.25) is 0 Å². The number of aryl methyl sites for hydroxylation is 1. The van der Waals surface area contributed by atoms with Gasteiger partial charge in [0, 0.05) is 0 Å². The third kappa shape index (κ3) is 8.30. The molecule has 0 heteroatoms. The summed E-state index contributed by atoms with van der Waals surface area (Å²) in [6.07, 6.45) is 7.39. The van der Waals surface area contributed by atoms with Gasteiger partial charge in [0.1, 0.15) is 0 Å². The van der Waals surface area contributed by atoms with E-state index in [1.54, 1.807) is 0 Å². The molecule has 0 N–H and O–H groups in total. The minimum atomic E-state index is -0.376. The van der Waals surface area contributed by atoms with E-state index >= 15 is 0 Å². The first kappa shape index (κ1) is 36.8. The van der Waals surface area contributed by atoms with Gasteiger partial charge in [0.05, 0.1) is 5.41 Å². The van der Waals surface area contributed by atoms with Crippen LogP contribution in [0, 0.1) is 6.92 Å². The highest BCUT2D eigenvalue weighted by atomic mass is 14.5. The van der Waals surface area contributed by atoms with Crippen LogP contribution in [0.3, 0.4) is 0 Å². The van der Waals surface area contributed by atoms with Gasteiger partial charge in [-0.3, -0.25) is 0 Å². The van der Waals surface area contributed by atoms with E-state index in [0.29, 0.717) is 0 Å². The van der Waals surface area contributed by atoms with E-state index in [-0.39, 0.29) is 5.41 Å². The number of hydrogen-bond donors (Lipinski definition) is 0. The van der Waals surface area contributed by atoms with Crippen molar-refractivity contribution in [1.29, 1.82) is 0 Å². The monoisotopic (exact) mass is 664 g/mol. The smallest absolute Gasteiger partial charge is 0.0713 e. The molecule has 0 aliphatic heterocycles. The van der Waals surface area contributed by atoms with E-state index in [4.69, 9.17) is 0 Å². The van der Waals surface area contributed by atoms with Gasteiger partial charge in [0.15, 0.2) is 0 Å². The van der Waals surface area contributed by atoms with Gasteiger partial charge >= 0.3 is 0 Å². The van der Waals surface area contributed by atoms with Crippen molar-refractivity contribution in [3.8, 4) is 33.4 Å². The summed E-state index contributed by atoms with van der Waals surface area (Å²) < 4.78 is 0. The first-order valence-electron chi connectivity index (χ1n) is 18.3. The molecule has 0 fully saturated rings. The number of rotatable bonds is 8. The zero-order valence-electron chi connectivity index (χ0n) is 31.1. The fourth-order valence-electron chi connectivity index (χ4n) is 7.01. The highest BCUT2D eigenvalue weighted by Crippen LogP contribution is 2.56. The molecule has 0 aromatic heterocycles. The minimum absolute atomic E-state index is 0.376. The predicted octanol–water partition coefficient (Wildman–Crippen LogP) is 14.6. The Morgan fingerprint density at radius 3 is 1.47 bits per heavy atom. The molecule has 0 atom stereocenters. The van der Waals surface area contributed by atoms with Crippen molar-refractivity contribution >= 4 is 0 Å². The number of benzene rings is 6. The lowest BCUT2D eigenvalue weighted by Crippen LogP contribution is -2.28. The van der Waals surface area contributed by atoms with Crippen molar-refractivity contribution in [2.24, 2.45) is 0 Å². The Labute approximate surface area is 307 Å². The number of allylic oxidation sites excluding steroid dienone is 4. The summed E-state index contributed by atoms with van der Waals surface area (Å²) in [4.78, 5) is 0. The standard InChI is InChI=1S/C38H28.C7H12.C6H12/c1-27-17-23-34-35-24-22-31(30-20-18-29(19-21-30)28-11-5-2-6-12-28)26-37(35)38(36(34)25-27,32-13-7-3-8-14-32)33-15-9-4-10-16-33;1-4-6-7(3)5-2;1-4-5-6(2)3/h2-26H,1H3;4,6H,1,5H2,2-3H3;2,4-5H2,1,3H3/b;7-6-;. The van der Waals surface area contributed by atoms with Crippen LogP contribution in [0.1, 0.15) is 74.8 Å². The highest BCUT2D eigenvalue weighted by Gasteiger charge is 2.46. The molecule has 6 aromatic carbocycles. The van der Waals surface area contributed by atoms with Crippen molar-refractivity contribution in [1.82, 2.24) is 0 Å². The summed E-state index contributed by atoms with van der Waals surface area (Å²) in [7, 11) is 0. The molecule has 0 saturated heterocycles. The minimum Gasteiger partial charge on any atom is -0.100 e. The Morgan fingerprint density at radius 2 is 1.02 bits per heavy atom. The van der Waals surface area contributed by atoms with E-state index in [1.807, 2.05) is 12.2 Å². The average Bonchev–Trinajstić information content (AvgIpc) is 3.46. The molecule has 0 nitrogen and oxygen atoms in total. The van der Waals surface area contributed by atoms with E-state index in [1.165, 1.54) is 85.2 Å². The lowest BCUT2D eigenvalue weighted by molar-refractivity contribution is 0.768. The molecule has 0 unspecified atom stereocenters. The molecular weight excluding hydrogens is 613 g/mol. The van der Waals surface area contributed by atoms with Crippen molar-refractivity contribution in [3.63, 3.8) is 0 Å². The fourth-order valence-corrected chi connectivity index (χ4v) is 7.01. The van der Waals surface area contributed by atoms with Crippen molar-refractivity contribution in [3.05, 3.63) is 216 Å². The topological polar surface area (TPSA) is 0 Å². The first-order chi connectivity index (χ1) is 24.8. The van der Waals surface area contributed by atoms with Gasteiger partial charge in [-0.15, -0.1) is 6.58 Å². The Balaban J connectivity index is 0.000000333. The molecule has 0 bridgehead atoms. The van der Waals surface area contributed by atoms with Gasteiger partial charge in [-0.1, -0.05) is 201 Å². The SMILES string of the molecule is C=C(C)CCC.C=C/C=C(/C)CC.Cc1ccc2c(c1)C(c1ccccc1)(c1ccccc1)c1cc(-c3ccc(-c4ccccc4)cc3)ccc1-2. The largest absolute Gasteiger partial charge is 0.100 e. The van der Waals surface area contributed by atoms with Gasteiger partial charge in [0.25, 0.3) is 0 Å². The Hall–Kier alpha value is -5.46. The summed E-state index contributed by atoms with van der Waals surface area (Å²) in [5.74, 6) is 0. The molecule has 0 heterocycles. The number of hydrogen-bond acceptors (Lipinski definition) is 0. The van der Waals surface area contributed by atoms with Crippen LogP contribution in [-0.2, 0) is 5.41 Å². The highest BCUT2D eigenvalue weighted by molar-refractivity contribution is 5.88. The first-order valence-corrected chi connectivity index (χ1v) is 18.3. The summed E-state index contributed by atoms with van der Waals surface area (Å²) in [5, 5.41) is 0. The quantitative estimate of drug-likeness (QED) is 0.112. The average molecular weight is 665 g/mol. The Morgan fingerprint density at radius 1 is 0.569 bits per heavy atom. The molecule has 6 aromatic rings. The second-order valence-electron chi connectivity index (χ2n) is 13.5. The Bertz CT molecular complexity index is 2020. The molecule has 0 radical (unpaired) electrons. The van der Waals surface area contributed by atoms with Crippen molar-refractivity contribution in [2.45, 2.75) is 59.3 Å². The van der Waals surface area contributed by atoms with Crippen LogP contribution in [0.15, 0.2) is 188 Å². The number of fused-ring (bicyclic) bond motifs is 3. The van der Waals surface area contributed by atoms with Gasteiger partial charge in [-0.2, -0.15) is 0 Å². The molecule has 256 valence electrons. The fraction of sp³-hybridized carbons (Fsp3) is 0.176. The van der Waals surface area contributed by atoms with Crippen LogP contribution >= 0.6 is 0 Å². The third-order valence-electron chi connectivity index (χ3n) is 9.67. The normalized spacial score (nSPS) is 12.3. The zero-order chi connectivity index (χ0) is 36.2. The van der Waals surface area contributed by atoms with E-state index in [9.17, 15) is 0 Å². The zero-order valence-corrected chi connectivity index (χ0v) is 31.1. The van der Waals surface area contributed by atoms with Crippen LogP contribution in [0.4, 0.5) is 0 Å². The van der Waals surface area contributed by atoms with Crippen LogP contribution in [0.5, 0.6) is 0 Å². The molecule has 1 aliphatic carbocycles. The molecule has 1 aliphatic rings. The third-order valence-corrected chi connectivity index (χ3v) is 9.67. The second-order valence-corrected chi connectivity index (χ2v) is 13.5. The predicted molar refractivity (Wildman–Crippen MR) is 223 cm³/mol. The molecule has 0 saturated carbocycles. The molecule has 7 rings (SSSR count). The maximum absolute atomic E-state index is 3.74. The van der Waals surface area contributed by atoms with E-state index in [0.717, 1.165) is 6.42 Å². The maximum atomic E-state index is 3.74. The van der Waals surface area contributed by atoms with Crippen molar-refractivity contribution < 1.29 is 0 Å². The summed E-state index contributed by atoms with van der Waals surface area (Å²) in [6, 6.07) is 55.6. The maximum Gasteiger partial charge on any atom is 0.0713 e. The van der Waals surface area contributed by atoms with Crippen LogP contribution in [0.25, 0.3) is 33.4 Å². The van der Waals surface area contributed by atoms with E-state index in [2.05, 4.69) is 199 Å². The second kappa shape index (κ2) is 17.5. The van der Waals surface area contributed by atoms with Gasteiger partial charge in [-0.25, -0.2) is 0 Å². The van der Waals surface area contributed by atoms with Crippen molar-refractivity contribution in [2.75, 3.05) is 0 Å². The Kier molecular flexibility index (Phi) is 12.6. The lowest BCUT2D eigenvalue weighted by Gasteiger charge is -2.34. The molecule has 51 heavy (non-hydrogen) atoms. The summed E-state index contributed by atoms with van der Waals surface area (Å²) >= 11 is 0.